The van der Waals surface area contributed by atoms with E-state index in [0.29, 0.717) is 11.4 Å². The number of rotatable bonds is 8. The molecule has 174 valence electrons. The van der Waals surface area contributed by atoms with Crippen LogP contribution in [0.1, 0.15) is 30.2 Å². The van der Waals surface area contributed by atoms with Gasteiger partial charge in [0.1, 0.15) is 6.61 Å². The first-order valence-corrected chi connectivity index (χ1v) is 11.8. The van der Waals surface area contributed by atoms with E-state index >= 15 is 0 Å². The summed E-state index contributed by atoms with van der Waals surface area (Å²) >= 11 is 2.63. The quantitative estimate of drug-likeness (QED) is 0.269. The fraction of sp³-hybridized carbons (Fsp3) is 0.261. The van der Waals surface area contributed by atoms with Crippen LogP contribution >= 0.6 is 23.1 Å². The maximum Gasteiger partial charge on any atom is 0.416 e. The van der Waals surface area contributed by atoms with E-state index in [2.05, 4.69) is 4.98 Å². The standard InChI is InChI=1S/C23H21F3N2O3S2/c1-15-6-8-20(9-7-15)32-11-10-21(30)31-13-18-14-33-22(27-18)28(16(2)29)19-5-3-4-17(12-19)23(24,25)26/h3-9,12,14H,10-11,13H2,1-2H3. The summed E-state index contributed by atoms with van der Waals surface area (Å²) in [6, 6.07) is 12.5. The number of anilines is 2. The highest BCUT2D eigenvalue weighted by Gasteiger charge is 2.31. The Hall–Kier alpha value is -2.85. The highest BCUT2D eigenvalue weighted by Crippen LogP contribution is 2.35. The molecular weight excluding hydrogens is 473 g/mol. The van der Waals surface area contributed by atoms with Gasteiger partial charge in [-0.3, -0.25) is 14.5 Å². The molecule has 10 heteroatoms. The lowest BCUT2D eigenvalue weighted by Crippen LogP contribution is -2.23. The Bertz CT molecular complexity index is 1110. The summed E-state index contributed by atoms with van der Waals surface area (Å²) in [6.07, 6.45) is -4.31. The number of thioether (sulfide) groups is 1. The van der Waals surface area contributed by atoms with E-state index in [-0.39, 0.29) is 29.8 Å². The third-order valence-electron chi connectivity index (χ3n) is 4.45. The van der Waals surface area contributed by atoms with Crippen molar-refractivity contribution in [2.24, 2.45) is 0 Å². The van der Waals surface area contributed by atoms with Crippen LogP contribution in [0.25, 0.3) is 0 Å². The Morgan fingerprint density at radius 2 is 1.88 bits per heavy atom. The van der Waals surface area contributed by atoms with Gasteiger partial charge in [-0.25, -0.2) is 4.98 Å². The number of hydrogen-bond donors (Lipinski definition) is 0. The third kappa shape index (κ3) is 7.06. The van der Waals surface area contributed by atoms with Crippen molar-refractivity contribution in [3.8, 4) is 0 Å². The summed E-state index contributed by atoms with van der Waals surface area (Å²) in [5.41, 5.74) is 0.773. The lowest BCUT2D eigenvalue weighted by Gasteiger charge is -2.19. The summed E-state index contributed by atoms with van der Waals surface area (Å²) in [6.45, 7) is 3.16. The van der Waals surface area contributed by atoms with Crippen molar-refractivity contribution in [3.63, 3.8) is 0 Å². The fourth-order valence-corrected chi connectivity index (χ4v) is 4.53. The maximum atomic E-state index is 13.0. The van der Waals surface area contributed by atoms with Crippen LogP contribution in [0, 0.1) is 6.92 Å². The van der Waals surface area contributed by atoms with Crippen molar-refractivity contribution >= 4 is 45.8 Å². The number of nitrogens with zero attached hydrogens (tertiary/aromatic N) is 2. The smallest absolute Gasteiger partial charge is 0.416 e. The van der Waals surface area contributed by atoms with E-state index in [0.717, 1.165) is 38.8 Å². The Kier molecular flexibility index (Phi) is 8.15. The number of carbonyl (C=O) groups excluding carboxylic acids is 2. The van der Waals surface area contributed by atoms with E-state index in [1.807, 2.05) is 31.2 Å². The van der Waals surface area contributed by atoms with Crippen LogP contribution in [0.3, 0.4) is 0 Å². The molecule has 1 heterocycles. The molecule has 3 rings (SSSR count). The Labute approximate surface area is 197 Å². The van der Waals surface area contributed by atoms with Gasteiger partial charge in [0.15, 0.2) is 5.13 Å². The minimum atomic E-state index is -4.53. The second-order valence-corrected chi connectivity index (χ2v) is 9.10. The number of ether oxygens (including phenoxy) is 1. The zero-order valence-corrected chi connectivity index (χ0v) is 19.5. The molecular formula is C23H21F3N2O3S2. The number of alkyl halides is 3. The first-order valence-electron chi connectivity index (χ1n) is 9.91. The summed E-state index contributed by atoms with van der Waals surface area (Å²) in [5.74, 6) is -0.302. The predicted octanol–water partition coefficient (Wildman–Crippen LogP) is 6.38. The summed E-state index contributed by atoms with van der Waals surface area (Å²) < 4.78 is 44.4. The highest BCUT2D eigenvalue weighted by molar-refractivity contribution is 7.99. The van der Waals surface area contributed by atoms with Crippen molar-refractivity contribution in [1.82, 2.24) is 4.98 Å². The fourth-order valence-electron chi connectivity index (χ4n) is 2.83. The number of hydrogen-bond acceptors (Lipinski definition) is 6. The molecule has 0 saturated heterocycles. The topological polar surface area (TPSA) is 59.5 Å². The van der Waals surface area contributed by atoms with E-state index in [4.69, 9.17) is 4.74 Å². The van der Waals surface area contributed by atoms with Crippen LogP contribution in [0.5, 0.6) is 0 Å². The maximum absolute atomic E-state index is 13.0. The first kappa shape index (κ1) is 24.8. The largest absolute Gasteiger partial charge is 0.459 e. The molecule has 0 saturated carbocycles. The number of aromatic nitrogens is 1. The van der Waals surface area contributed by atoms with Crippen LogP contribution in [-0.2, 0) is 27.1 Å². The molecule has 0 bridgehead atoms. The number of esters is 1. The van der Waals surface area contributed by atoms with Crippen molar-refractivity contribution in [1.29, 1.82) is 0 Å². The molecule has 0 N–H and O–H groups in total. The van der Waals surface area contributed by atoms with Crippen LogP contribution in [0.4, 0.5) is 24.0 Å². The van der Waals surface area contributed by atoms with Crippen molar-refractivity contribution in [3.05, 3.63) is 70.7 Å². The molecule has 33 heavy (non-hydrogen) atoms. The number of benzene rings is 2. The number of thiazole rings is 1. The number of aryl methyl sites for hydroxylation is 1. The Morgan fingerprint density at radius 3 is 2.55 bits per heavy atom. The second-order valence-electron chi connectivity index (χ2n) is 7.10. The highest BCUT2D eigenvalue weighted by atomic mass is 32.2. The van der Waals surface area contributed by atoms with Crippen molar-refractivity contribution in [2.45, 2.75) is 37.9 Å². The monoisotopic (exact) mass is 494 g/mol. The van der Waals surface area contributed by atoms with Crippen LogP contribution < -0.4 is 4.90 Å². The van der Waals surface area contributed by atoms with Crippen LogP contribution in [-0.4, -0.2) is 22.6 Å². The number of carbonyl (C=O) groups is 2. The van der Waals surface area contributed by atoms with Gasteiger partial charge in [-0.1, -0.05) is 23.8 Å². The summed E-state index contributed by atoms with van der Waals surface area (Å²) in [5, 5.41) is 1.80. The van der Waals surface area contributed by atoms with Gasteiger partial charge in [0.25, 0.3) is 0 Å². The van der Waals surface area contributed by atoms with Crippen LogP contribution in [0.15, 0.2) is 58.8 Å². The van der Waals surface area contributed by atoms with Gasteiger partial charge in [0.2, 0.25) is 5.91 Å². The van der Waals surface area contributed by atoms with E-state index in [1.165, 1.54) is 19.1 Å². The Balaban J connectivity index is 1.58. The summed E-state index contributed by atoms with van der Waals surface area (Å²) in [4.78, 5) is 30.6. The van der Waals surface area contributed by atoms with Crippen molar-refractivity contribution in [2.75, 3.05) is 10.7 Å². The van der Waals surface area contributed by atoms with Gasteiger partial charge in [-0.05, 0) is 37.3 Å². The molecule has 0 atom stereocenters. The molecule has 0 aliphatic carbocycles. The van der Waals surface area contributed by atoms with Gasteiger partial charge in [0.05, 0.1) is 23.4 Å². The van der Waals surface area contributed by atoms with Gasteiger partial charge >= 0.3 is 12.1 Å². The average Bonchev–Trinajstić information content (AvgIpc) is 3.21. The van der Waals surface area contributed by atoms with Gasteiger partial charge in [0, 0.05) is 23.0 Å². The molecule has 1 amide bonds. The first-order chi connectivity index (χ1) is 15.6. The zero-order chi connectivity index (χ0) is 24.0. The summed E-state index contributed by atoms with van der Waals surface area (Å²) in [7, 11) is 0. The SMILES string of the molecule is CC(=O)N(c1cccc(C(F)(F)F)c1)c1nc(COC(=O)CCSc2ccc(C)cc2)cs1. The molecule has 5 nitrogen and oxygen atoms in total. The molecule has 0 fully saturated rings. The molecule has 1 aromatic heterocycles. The van der Waals surface area contributed by atoms with Crippen molar-refractivity contribution < 1.29 is 27.5 Å². The molecule has 0 spiro atoms. The molecule has 0 radical (unpaired) electrons. The van der Waals surface area contributed by atoms with E-state index < -0.39 is 17.6 Å². The van der Waals surface area contributed by atoms with E-state index in [1.54, 1.807) is 17.1 Å². The minimum absolute atomic E-state index is 0.0587. The van der Waals surface area contributed by atoms with Crippen LogP contribution in [0.2, 0.25) is 0 Å². The predicted molar refractivity (Wildman–Crippen MR) is 123 cm³/mol. The minimum Gasteiger partial charge on any atom is -0.459 e. The molecule has 0 aliphatic heterocycles. The van der Waals surface area contributed by atoms with Gasteiger partial charge in [-0.15, -0.1) is 23.1 Å². The second kappa shape index (κ2) is 10.8. The normalized spacial score (nSPS) is 11.3. The van der Waals surface area contributed by atoms with Gasteiger partial charge < -0.3 is 4.74 Å². The Morgan fingerprint density at radius 1 is 1.15 bits per heavy atom. The molecule has 0 unspecified atom stereocenters. The lowest BCUT2D eigenvalue weighted by atomic mass is 10.2. The number of halogens is 3. The molecule has 3 aromatic rings. The van der Waals surface area contributed by atoms with Gasteiger partial charge in [-0.2, -0.15) is 13.2 Å². The average molecular weight is 495 g/mol. The molecule has 0 aliphatic rings. The third-order valence-corrected chi connectivity index (χ3v) is 6.34. The lowest BCUT2D eigenvalue weighted by molar-refractivity contribution is -0.144. The van der Waals surface area contributed by atoms with E-state index in [9.17, 15) is 22.8 Å². The molecule has 2 aromatic carbocycles. The number of amides is 1. The zero-order valence-electron chi connectivity index (χ0n) is 17.9.